The Morgan fingerprint density at radius 3 is 2.61 bits per heavy atom. The smallest absolute Gasteiger partial charge is 0.305 e. The quantitative estimate of drug-likeness (QED) is 0.753. The number of aliphatic hydroxyl groups excluding tert-OH is 1. The molecule has 0 fully saturated rings. The number of fused-ring (bicyclic) bond motifs is 1. The van der Waals surface area contributed by atoms with Crippen LogP contribution in [0, 0.1) is 0 Å². The van der Waals surface area contributed by atoms with E-state index in [1.807, 2.05) is 18.2 Å². The van der Waals surface area contributed by atoms with Crippen molar-refractivity contribution in [1.29, 1.82) is 0 Å². The van der Waals surface area contributed by atoms with Crippen molar-refractivity contribution in [3.63, 3.8) is 0 Å². The number of carbonyl (C=O) groups is 1. The predicted molar refractivity (Wildman–Crippen MR) is 68.3 cm³/mol. The van der Waals surface area contributed by atoms with Gasteiger partial charge in [-0.15, -0.1) is 0 Å². The topological polar surface area (TPSA) is 83.6 Å². The largest absolute Gasteiger partial charge is 0.481 e. The predicted octanol–water partition coefficient (Wildman–Crippen LogP) is 1.40. The first-order chi connectivity index (χ1) is 8.58. The van der Waals surface area contributed by atoms with Gasteiger partial charge in [-0.3, -0.25) is 4.79 Å². The molecule has 0 saturated carbocycles. The van der Waals surface area contributed by atoms with E-state index in [1.54, 1.807) is 0 Å². The van der Waals surface area contributed by atoms with E-state index in [9.17, 15) is 9.90 Å². The summed E-state index contributed by atoms with van der Waals surface area (Å²) in [5.41, 5.74) is 9.02. The first-order valence-electron chi connectivity index (χ1n) is 6.35. The van der Waals surface area contributed by atoms with E-state index in [2.05, 4.69) is 0 Å². The second-order valence-electron chi connectivity index (χ2n) is 4.94. The van der Waals surface area contributed by atoms with Gasteiger partial charge in [0.15, 0.2) is 0 Å². The maximum atomic E-state index is 10.6. The van der Waals surface area contributed by atoms with Crippen LogP contribution in [0.15, 0.2) is 18.2 Å². The van der Waals surface area contributed by atoms with Crippen LogP contribution in [0.2, 0.25) is 0 Å². The van der Waals surface area contributed by atoms with E-state index in [0.717, 1.165) is 18.4 Å². The molecule has 4 heteroatoms. The van der Waals surface area contributed by atoms with Crippen LogP contribution in [-0.4, -0.2) is 22.2 Å². The third kappa shape index (κ3) is 2.89. The Morgan fingerprint density at radius 1 is 1.28 bits per heavy atom. The molecule has 0 amide bonds. The third-order valence-corrected chi connectivity index (χ3v) is 3.53. The van der Waals surface area contributed by atoms with Gasteiger partial charge in [-0.2, -0.15) is 0 Å². The van der Waals surface area contributed by atoms with Crippen LogP contribution >= 0.6 is 0 Å². The Morgan fingerprint density at radius 2 is 1.94 bits per heavy atom. The van der Waals surface area contributed by atoms with Crippen molar-refractivity contribution in [2.45, 2.75) is 44.2 Å². The Kier molecular flexibility index (Phi) is 3.99. The molecule has 0 aromatic heterocycles. The summed E-state index contributed by atoms with van der Waals surface area (Å²) in [6.07, 6.45) is 3.38. The number of carboxylic acid groups (broad SMARTS) is 1. The highest BCUT2D eigenvalue weighted by molar-refractivity contribution is 5.67. The molecule has 18 heavy (non-hydrogen) atoms. The lowest BCUT2D eigenvalue weighted by Crippen LogP contribution is -2.31. The number of aliphatic carboxylic acids is 1. The summed E-state index contributed by atoms with van der Waals surface area (Å²) >= 11 is 0. The van der Waals surface area contributed by atoms with Crippen molar-refractivity contribution in [2.75, 3.05) is 0 Å². The zero-order chi connectivity index (χ0) is 13.1. The summed E-state index contributed by atoms with van der Waals surface area (Å²) in [5.74, 6) is -0.987. The molecule has 1 aliphatic carbocycles. The molecule has 0 aliphatic heterocycles. The van der Waals surface area contributed by atoms with Gasteiger partial charge in [0.25, 0.3) is 0 Å². The SMILES string of the molecule is NC(CC(=O)O)C(O)c1ccc2c(c1)CCCC2. The molecule has 1 aliphatic rings. The third-order valence-electron chi connectivity index (χ3n) is 3.53. The Hall–Kier alpha value is -1.39. The minimum Gasteiger partial charge on any atom is -0.481 e. The fourth-order valence-corrected chi connectivity index (χ4v) is 2.50. The first-order valence-corrected chi connectivity index (χ1v) is 6.35. The molecule has 2 atom stereocenters. The lowest BCUT2D eigenvalue weighted by Gasteiger charge is -2.21. The number of carboxylic acids is 1. The minimum atomic E-state index is -0.987. The lowest BCUT2D eigenvalue weighted by molar-refractivity contribution is -0.138. The van der Waals surface area contributed by atoms with Gasteiger partial charge >= 0.3 is 5.97 Å². The second kappa shape index (κ2) is 5.50. The number of benzene rings is 1. The summed E-state index contributed by atoms with van der Waals surface area (Å²) in [6, 6.07) is 5.10. The Bertz CT molecular complexity index is 445. The molecule has 0 spiro atoms. The highest BCUT2D eigenvalue weighted by atomic mass is 16.4. The van der Waals surface area contributed by atoms with Crippen molar-refractivity contribution in [3.05, 3.63) is 34.9 Å². The van der Waals surface area contributed by atoms with Crippen molar-refractivity contribution in [1.82, 2.24) is 0 Å². The van der Waals surface area contributed by atoms with Crippen LogP contribution in [0.3, 0.4) is 0 Å². The normalized spacial score (nSPS) is 17.9. The fourth-order valence-electron chi connectivity index (χ4n) is 2.50. The van der Waals surface area contributed by atoms with E-state index in [-0.39, 0.29) is 6.42 Å². The van der Waals surface area contributed by atoms with Gasteiger partial charge in [0, 0.05) is 6.04 Å². The summed E-state index contributed by atoms with van der Waals surface area (Å²) < 4.78 is 0. The molecule has 0 radical (unpaired) electrons. The summed E-state index contributed by atoms with van der Waals surface area (Å²) in [5, 5.41) is 18.7. The van der Waals surface area contributed by atoms with Crippen molar-refractivity contribution in [2.24, 2.45) is 5.73 Å². The molecule has 2 rings (SSSR count). The molecule has 4 nitrogen and oxygen atoms in total. The van der Waals surface area contributed by atoms with Crippen LogP contribution in [0.1, 0.15) is 42.1 Å². The molecule has 2 unspecified atom stereocenters. The molecule has 1 aromatic carbocycles. The van der Waals surface area contributed by atoms with Gasteiger partial charge in [-0.1, -0.05) is 18.2 Å². The summed E-state index contributed by atoms with van der Waals surface area (Å²) in [7, 11) is 0. The van der Waals surface area contributed by atoms with Gasteiger partial charge in [0.2, 0.25) is 0 Å². The Balaban J connectivity index is 2.15. The maximum absolute atomic E-state index is 10.6. The standard InChI is InChI=1S/C14H19NO3/c15-12(8-13(16)17)14(18)11-6-5-9-3-1-2-4-10(9)7-11/h5-7,12,14,18H,1-4,8,15H2,(H,16,17). The van der Waals surface area contributed by atoms with E-state index in [1.165, 1.54) is 24.0 Å². The van der Waals surface area contributed by atoms with E-state index in [0.29, 0.717) is 0 Å². The molecule has 0 saturated heterocycles. The van der Waals surface area contributed by atoms with Gasteiger partial charge in [-0.05, 0) is 42.4 Å². The highest BCUT2D eigenvalue weighted by Gasteiger charge is 2.21. The minimum absolute atomic E-state index is 0.224. The van der Waals surface area contributed by atoms with E-state index < -0.39 is 18.1 Å². The fraction of sp³-hybridized carbons (Fsp3) is 0.500. The van der Waals surface area contributed by atoms with Gasteiger partial charge in [0.1, 0.15) is 0 Å². The van der Waals surface area contributed by atoms with Crippen LogP contribution in [0.4, 0.5) is 0 Å². The number of aryl methyl sites for hydroxylation is 2. The van der Waals surface area contributed by atoms with Crippen molar-refractivity contribution >= 4 is 5.97 Å². The monoisotopic (exact) mass is 249 g/mol. The number of rotatable bonds is 4. The summed E-state index contributed by atoms with van der Waals surface area (Å²) in [4.78, 5) is 10.6. The zero-order valence-electron chi connectivity index (χ0n) is 10.3. The molecule has 0 bridgehead atoms. The Labute approximate surface area is 106 Å². The zero-order valence-corrected chi connectivity index (χ0v) is 10.3. The molecule has 0 heterocycles. The average molecular weight is 249 g/mol. The molecule has 1 aromatic rings. The number of hydrogen-bond donors (Lipinski definition) is 3. The first kappa shape index (κ1) is 13.1. The van der Waals surface area contributed by atoms with Crippen molar-refractivity contribution < 1.29 is 15.0 Å². The van der Waals surface area contributed by atoms with Gasteiger partial charge < -0.3 is 15.9 Å². The van der Waals surface area contributed by atoms with E-state index in [4.69, 9.17) is 10.8 Å². The van der Waals surface area contributed by atoms with Crippen molar-refractivity contribution in [3.8, 4) is 0 Å². The molecular formula is C14H19NO3. The molecule has 4 N–H and O–H groups in total. The number of aliphatic hydroxyl groups is 1. The number of hydrogen-bond acceptors (Lipinski definition) is 3. The summed E-state index contributed by atoms with van der Waals surface area (Å²) in [6.45, 7) is 0. The maximum Gasteiger partial charge on any atom is 0.305 e. The van der Waals surface area contributed by atoms with Crippen LogP contribution in [-0.2, 0) is 17.6 Å². The average Bonchev–Trinajstić information content (AvgIpc) is 2.36. The molecule has 98 valence electrons. The lowest BCUT2D eigenvalue weighted by atomic mass is 9.88. The molecular weight excluding hydrogens is 230 g/mol. The van der Waals surface area contributed by atoms with Gasteiger partial charge in [-0.25, -0.2) is 0 Å². The second-order valence-corrected chi connectivity index (χ2v) is 4.94. The van der Waals surface area contributed by atoms with Crippen LogP contribution in [0.5, 0.6) is 0 Å². The number of nitrogens with two attached hydrogens (primary N) is 1. The van der Waals surface area contributed by atoms with E-state index >= 15 is 0 Å². The van der Waals surface area contributed by atoms with Crippen LogP contribution < -0.4 is 5.73 Å². The van der Waals surface area contributed by atoms with Crippen LogP contribution in [0.25, 0.3) is 0 Å². The highest BCUT2D eigenvalue weighted by Crippen LogP contribution is 2.26. The van der Waals surface area contributed by atoms with Gasteiger partial charge in [0.05, 0.1) is 12.5 Å².